The van der Waals surface area contributed by atoms with E-state index in [0.29, 0.717) is 0 Å². The van der Waals surface area contributed by atoms with Crippen molar-refractivity contribution >= 4 is 92.2 Å². The molecule has 2 N–H and O–H groups in total. The molecule has 2 unspecified atom stereocenters. The molecule has 1 aliphatic heterocycles. The predicted molar refractivity (Wildman–Crippen MR) is 243 cm³/mol. The Morgan fingerprint density at radius 3 is 1.98 bits per heavy atom. The lowest BCUT2D eigenvalue weighted by atomic mass is 9.91. The van der Waals surface area contributed by atoms with Gasteiger partial charge in [0, 0.05) is 51.8 Å². The number of aryl methyl sites for hydroxylation is 1. The van der Waals surface area contributed by atoms with Crippen LogP contribution in [0.15, 0.2) is 169 Å². The van der Waals surface area contributed by atoms with Crippen molar-refractivity contribution in [3.8, 4) is 5.69 Å². The molecule has 3 aromatic heterocycles. The Balaban J connectivity index is 0.882. The van der Waals surface area contributed by atoms with Gasteiger partial charge in [0.25, 0.3) is 0 Å². The summed E-state index contributed by atoms with van der Waals surface area (Å²) in [7, 11) is 0. The summed E-state index contributed by atoms with van der Waals surface area (Å²) in [6, 6.07) is 59.6. The molecular formula is C51H36N4S2. The van der Waals surface area contributed by atoms with E-state index in [-0.39, 0.29) is 12.3 Å². The van der Waals surface area contributed by atoms with Gasteiger partial charge in [-0.25, -0.2) is 4.99 Å². The van der Waals surface area contributed by atoms with E-state index in [9.17, 15) is 0 Å². The summed E-state index contributed by atoms with van der Waals surface area (Å²) in [5, 5.41) is 14.0. The number of aromatic nitrogens is 1. The van der Waals surface area contributed by atoms with E-state index < -0.39 is 0 Å². The number of fused-ring (bicyclic) bond motifs is 9. The molecule has 1 aliphatic carbocycles. The van der Waals surface area contributed by atoms with E-state index in [1.807, 2.05) is 22.7 Å². The number of nitrogens with zero attached hydrogens (tertiary/aromatic N) is 2. The number of aliphatic imine (C=N–C) groups is 1. The maximum atomic E-state index is 5.21. The van der Waals surface area contributed by atoms with Gasteiger partial charge in [0.2, 0.25) is 0 Å². The van der Waals surface area contributed by atoms with Crippen LogP contribution >= 0.6 is 22.7 Å². The SMILES string of the molecule is C1=C(c2ccc3c(c2)sc2cc(-n4c5ccccc5c5ccccc54)ccc23)CCc2sc3cc(C4N=C(c5ccccc5)NC(c5ccccc5)N4)ccc3c21. The number of allylic oxidation sites excluding steroid dienone is 1. The van der Waals surface area contributed by atoms with E-state index in [1.54, 1.807) is 0 Å². The summed E-state index contributed by atoms with van der Waals surface area (Å²) in [5.41, 5.74) is 11.3. The van der Waals surface area contributed by atoms with Crippen molar-refractivity contribution in [3.63, 3.8) is 0 Å². The van der Waals surface area contributed by atoms with Crippen molar-refractivity contribution in [2.45, 2.75) is 25.2 Å². The predicted octanol–water partition coefficient (Wildman–Crippen LogP) is 13.2. The Hall–Kier alpha value is -6.31. The van der Waals surface area contributed by atoms with Crippen LogP contribution in [0.4, 0.5) is 0 Å². The molecule has 0 fully saturated rings. The van der Waals surface area contributed by atoms with Crippen LogP contribution in [0.5, 0.6) is 0 Å². The average molecular weight is 769 g/mol. The van der Waals surface area contributed by atoms with Gasteiger partial charge >= 0.3 is 0 Å². The van der Waals surface area contributed by atoms with Crippen molar-refractivity contribution in [3.05, 3.63) is 196 Å². The molecule has 10 aromatic rings. The highest BCUT2D eigenvalue weighted by molar-refractivity contribution is 7.25. The van der Waals surface area contributed by atoms with Crippen LogP contribution in [-0.2, 0) is 6.42 Å². The van der Waals surface area contributed by atoms with Gasteiger partial charge in [-0.05, 0) is 88.5 Å². The van der Waals surface area contributed by atoms with Gasteiger partial charge < -0.3 is 9.88 Å². The summed E-state index contributed by atoms with van der Waals surface area (Å²) in [5.74, 6) is 0.908. The molecule has 57 heavy (non-hydrogen) atoms. The molecule has 272 valence electrons. The normalized spacial score (nSPS) is 16.9. The van der Waals surface area contributed by atoms with E-state index in [4.69, 9.17) is 4.99 Å². The summed E-state index contributed by atoms with van der Waals surface area (Å²) in [6.07, 6.45) is 4.33. The highest BCUT2D eigenvalue weighted by Crippen LogP contribution is 2.43. The zero-order valence-corrected chi connectivity index (χ0v) is 32.6. The number of hydrogen-bond donors (Lipinski definition) is 2. The summed E-state index contributed by atoms with van der Waals surface area (Å²) < 4.78 is 6.40. The Kier molecular flexibility index (Phi) is 7.58. The number of para-hydroxylation sites is 2. The van der Waals surface area contributed by atoms with Crippen molar-refractivity contribution in [2.75, 3.05) is 0 Å². The Morgan fingerprint density at radius 1 is 0.526 bits per heavy atom. The van der Waals surface area contributed by atoms with Crippen LogP contribution in [0, 0.1) is 0 Å². The van der Waals surface area contributed by atoms with Crippen LogP contribution in [0.2, 0.25) is 0 Å². The molecule has 0 spiro atoms. The monoisotopic (exact) mass is 768 g/mol. The molecule has 6 heteroatoms. The first-order valence-corrected chi connectivity index (χ1v) is 21.3. The van der Waals surface area contributed by atoms with Crippen molar-refractivity contribution in [2.24, 2.45) is 4.99 Å². The Morgan fingerprint density at radius 2 is 1.19 bits per heavy atom. The van der Waals surface area contributed by atoms with Crippen molar-refractivity contribution < 1.29 is 0 Å². The lowest BCUT2D eigenvalue weighted by Crippen LogP contribution is -2.44. The Bertz CT molecular complexity index is 3210. The lowest BCUT2D eigenvalue weighted by molar-refractivity contribution is 0.409. The first-order chi connectivity index (χ1) is 28.2. The minimum absolute atomic E-state index is 0.0537. The quantitative estimate of drug-likeness (QED) is 0.183. The van der Waals surface area contributed by atoms with Gasteiger partial charge in [-0.1, -0.05) is 127 Å². The lowest BCUT2D eigenvalue weighted by Gasteiger charge is -2.32. The standard InChI is InChI=1S/C51H36N4S2/c1-3-11-31(12-4-1)49-52-50(32-13-5-2-6-14-32)54-51(53-49)35-20-24-41-42-27-33(21-26-45(42)56-47(41)29-35)34-19-23-39-40-25-22-36(30-48(40)57-46(39)28-34)55-43-17-9-7-15-37(43)38-16-8-10-18-44(38)55/h1-20,22-25,27-30,49,51,53H,21,26H2,(H,52,54). The van der Waals surface area contributed by atoms with Crippen LogP contribution < -0.4 is 10.6 Å². The van der Waals surface area contributed by atoms with E-state index >= 15 is 0 Å². The minimum atomic E-state index is -0.174. The van der Waals surface area contributed by atoms with Crippen LogP contribution in [0.1, 0.15) is 51.4 Å². The summed E-state index contributed by atoms with van der Waals surface area (Å²) >= 11 is 3.84. The first kappa shape index (κ1) is 32.9. The fraction of sp³-hybridized carbons (Fsp3) is 0.0784. The third-order valence-electron chi connectivity index (χ3n) is 11.8. The third-order valence-corrected chi connectivity index (χ3v) is 14.1. The third kappa shape index (κ3) is 5.47. The van der Waals surface area contributed by atoms with E-state index in [1.165, 1.54) is 90.5 Å². The minimum Gasteiger partial charge on any atom is -0.350 e. The zero-order chi connectivity index (χ0) is 37.5. The van der Waals surface area contributed by atoms with Gasteiger partial charge in [0.15, 0.2) is 0 Å². The zero-order valence-electron chi connectivity index (χ0n) is 30.9. The smallest absolute Gasteiger partial charge is 0.131 e. The molecule has 0 radical (unpaired) electrons. The molecule has 0 saturated heterocycles. The molecule has 4 nitrogen and oxygen atoms in total. The highest BCUT2D eigenvalue weighted by Gasteiger charge is 2.26. The molecule has 0 amide bonds. The van der Waals surface area contributed by atoms with Gasteiger partial charge in [-0.3, -0.25) is 5.32 Å². The highest BCUT2D eigenvalue weighted by atomic mass is 32.1. The van der Waals surface area contributed by atoms with Crippen molar-refractivity contribution in [1.82, 2.24) is 15.2 Å². The molecular weight excluding hydrogens is 733 g/mol. The molecule has 2 aliphatic rings. The Labute approximate surface area is 338 Å². The number of hydrogen-bond acceptors (Lipinski definition) is 5. The average Bonchev–Trinajstić information content (AvgIpc) is 3.95. The van der Waals surface area contributed by atoms with E-state index in [2.05, 4.69) is 185 Å². The van der Waals surface area contributed by atoms with E-state index in [0.717, 1.165) is 24.2 Å². The van der Waals surface area contributed by atoms with Crippen molar-refractivity contribution in [1.29, 1.82) is 0 Å². The second-order valence-electron chi connectivity index (χ2n) is 15.1. The fourth-order valence-electron chi connectivity index (χ4n) is 9.01. The topological polar surface area (TPSA) is 41.4 Å². The summed E-state index contributed by atoms with van der Waals surface area (Å²) in [6.45, 7) is 0. The number of rotatable bonds is 5. The maximum Gasteiger partial charge on any atom is 0.131 e. The second kappa shape index (κ2) is 13.1. The van der Waals surface area contributed by atoms with Crippen LogP contribution in [0.3, 0.4) is 0 Å². The molecule has 12 rings (SSSR count). The fourth-order valence-corrected chi connectivity index (χ4v) is 11.4. The molecule has 7 aromatic carbocycles. The largest absolute Gasteiger partial charge is 0.350 e. The van der Waals surface area contributed by atoms with Gasteiger partial charge in [0.1, 0.15) is 18.2 Å². The first-order valence-electron chi connectivity index (χ1n) is 19.6. The maximum absolute atomic E-state index is 5.21. The van der Waals surface area contributed by atoms with Gasteiger partial charge in [0.05, 0.1) is 11.0 Å². The molecule has 2 atom stereocenters. The van der Waals surface area contributed by atoms with Gasteiger partial charge in [-0.15, -0.1) is 22.7 Å². The number of nitrogens with one attached hydrogen (secondary N) is 2. The number of amidine groups is 1. The number of thiophene rings is 2. The molecule has 0 bridgehead atoms. The van der Waals surface area contributed by atoms with Gasteiger partial charge in [-0.2, -0.15) is 0 Å². The summed E-state index contributed by atoms with van der Waals surface area (Å²) in [4.78, 5) is 6.68. The number of benzene rings is 7. The second-order valence-corrected chi connectivity index (χ2v) is 17.3. The molecule has 0 saturated carbocycles. The molecule has 4 heterocycles. The van der Waals surface area contributed by atoms with Crippen LogP contribution in [0.25, 0.3) is 69.4 Å². The van der Waals surface area contributed by atoms with Crippen LogP contribution in [-0.4, -0.2) is 10.4 Å².